The fraction of sp³-hybridized carbons (Fsp3) is 0. The molecule has 0 atom stereocenters. The molecule has 272 valence electrons. The Kier molecular flexibility index (Phi) is 8.19. The first-order valence-corrected chi connectivity index (χ1v) is 19.8. The van der Waals surface area contributed by atoms with Gasteiger partial charge in [-0.3, -0.25) is 0 Å². The first-order chi connectivity index (χ1) is 28.8. The Morgan fingerprint density at radius 1 is 0.276 bits per heavy atom. The van der Waals surface area contributed by atoms with E-state index in [0.717, 1.165) is 50.1 Å². The summed E-state index contributed by atoms with van der Waals surface area (Å²) in [7, 11) is 0. The number of anilines is 3. The summed E-state index contributed by atoms with van der Waals surface area (Å²) >= 11 is 0. The van der Waals surface area contributed by atoms with Crippen LogP contribution in [-0.2, 0) is 0 Å². The second-order valence-electron chi connectivity index (χ2n) is 14.9. The fourth-order valence-corrected chi connectivity index (χ4v) is 8.69. The molecule has 1 heterocycles. The Labute approximate surface area is 337 Å². The van der Waals surface area contributed by atoms with Gasteiger partial charge in [-0.1, -0.05) is 182 Å². The number of rotatable bonds is 7. The van der Waals surface area contributed by atoms with Crippen molar-refractivity contribution in [1.29, 1.82) is 0 Å². The number of benzene rings is 10. The predicted octanol–water partition coefficient (Wildman–Crippen LogP) is 16.0. The molecule has 0 radical (unpaired) electrons. The highest BCUT2D eigenvalue weighted by molar-refractivity contribution is 6.14. The first-order valence-electron chi connectivity index (χ1n) is 19.8. The number of nitrogens with zero attached hydrogens (tertiary/aromatic N) is 1. The topological polar surface area (TPSA) is 16.4 Å². The molecular formula is C56H37NO. The fourth-order valence-electron chi connectivity index (χ4n) is 8.69. The maximum Gasteiger partial charge on any atom is 0.136 e. The molecule has 0 aliphatic carbocycles. The quantitative estimate of drug-likeness (QED) is 0.151. The number of furan rings is 1. The lowest BCUT2D eigenvalue weighted by molar-refractivity contribution is 0.669. The third-order valence-corrected chi connectivity index (χ3v) is 11.5. The number of para-hydroxylation sites is 2. The molecule has 0 N–H and O–H groups in total. The van der Waals surface area contributed by atoms with Gasteiger partial charge in [0.25, 0.3) is 0 Å². The van der Waals surface area contributed by atoms with Crippen LogP contribution < -0.4 is 4.90 Å². The molecule has 0 spiro atoms. The van der Waals surface area contributed by atoms with Crippen molar-refractivity contribution in [3.8, 4) is 44.5 Å². The van der Waals surface area contributed by atoms with E-state index in [-0.39, 0.29) is 0 Å². The molecule has 2 heteroatoms. The maximum absolute atomic E-state index is 6.37. The summed E-state index contributed by atoms with van der Waals surface area (Å²) in [5.41, 5.74) is 14.5. The van der Waals surface area contributed by atoms with Crippen molar-refractivity contribution in [3.05, 3.63) is 224 Å². The molecular weight excluding hydrogens is 703 g/mol. The molecule has 0 fully saturated rings. The zero-order chi connectivity index (χ0) is 38.4. The van der Waals surface area contributed by atoms with Gasteiger partial charge in [-0.05, 0) is 103 Å². The lowest BCUT2D eigenvalue weighted by Gasteiger charge is -2.28. The standard InChI is InChI=1S/C56H37NO/c1-2-12-38(13-3-1)39-24-26-40(27-25-39)41-28-33-44(34-29-41)57(53-21-8-6-16-50(53)51-20-11-23-55-56(51)52-17-7-9-22-54(52)58-55)45-35-30-43(31-36-45)47-18-10-19-48-46-15-5-4-14-42(46)32-37-49(47)48/h1-37H. The van der Waals surface area contributed by atoms with Gasteiger partial charge in [0.15, 0.2) is 0 Å². The third-order valence-electron chi connectivity index (χ3n) is 11.5. The van der Waals surface area contributed by atoms with Gasteiger partial charge >= 0.3 is 0 Å². The summed E-state index contributed by atoms with van der Waals surface area (Å²) in [4.78, 5) is 2.39. The third kappa shape index (κ3) is 5.82. The average Bonchev–Trinajstić information content (AvgIpc) is 3.69. The first kappa shape index (κ1) is 33.6. The zero-order valence-electron chi connectivity index (χ0n) is 31.7. The van der Waals surface area contributed by atoms with Crippen LogP contribution in [0.3, 0.4) is 0 Å². The molecule has 0 saturated heterocycles. The zero-order valence-corrected chi connectivity index (χ0v) is 31.7. The molecule has 0 unspecified atom stereocenters. The van der Waals surface area contributed by atoms with Crippen LogP contribution in [0.2, 0.25) is 0 Å². The van der Waals surface area contributed by atoms with E-state index in [1.807, 2.05) is 12.1 Å². The molecule has 0 aliphatic heterocycles. The van der Waals surface area contributed by atoms with E-state index in [9.17, 15) is 0 Å². The summed E-state index contributed by atoms with van der Waals surface area (Å²) in [5.74, 6) is 0. The van der Waals surface area contributed by atoms with Gasteiger partial charge in [-0.15, -0.1) is 0 Å². The van der Waals surface area contributed by atoms with Gasteiger partial charge in [-0.25, -0.2) is 0 Å². The van der Waals surface area contributed by atoms with Gasteiger partial charge in [-0.2, -0.15) is 0 Å². The van der Waals surface area contributed by atoms with Crippen LogP contribution in [0.4, 0.5) is 17.1 Å². The van der Waals surface area contributed by atoms with Crippen molar-refractivity contribution >= 4 is 60.5 Å². The van der Waals surface area contributed by atoms with Gasteiger partial charge in [0.05, 0.1) is 5.69 Å². The lowest BCUT2D eigenvalue weighted by atomic mass is 9.94. The summed E-state index contributed by atoms with van der Waals surface area (Å²) in [6.07, 6.45) is 0. The minimum absolute atomic E-state index is 0.884. The molecule has 11 aromatic rings. The SMILES string of the molecule is c1ccc(-c2ccc(-c3ccc(N(c4ccc(-c5cccc6c5ccc5ccccc56)cc4)c4ccccc4-c4cccc5oc6ccccc6c45)cc3)cc2)cc1. The van der Waals surface area contributed by atoms with Crippen molar-refractivity contribution < 1.29 is 4.42 Å². The molecule has 11 rings (SSSR count). The van der Waals surface area contributed by atoms with E-state index in [1.165, 1.54) is 54.9 Å². The van der Waals surface area contributed by atoms with Gasteiger partial charge in [0, 0.05) is 27.7 Å². The van der Waals surface area contributed by atoms with Crippen molar-refractivity contribution in [3.63, 3.8) is 0 Å². The van der Waals surface area contributed by atoms with Crippen molar-refractivity contribution in [2.75, 3.05) is 4.90 Å². The molecule has 58 heavy (non-hydrogen) atoms. The summed E-state index contributed by atoms with van der Waals surface area (Å²) in [5, 5.41) is 7.29. The normalized spacial score (nSPS) is 11.4. The summed E-state index contributed by atoms with van der Waals surface area (Å²) in [6, 6.07) is 80.6. The molecule has 0 saturated carbocycles. The van der Waals surface area contributed by atoms with E-state index in [4.69, 9.17) is 4.42 Å². The van der Waals surface area contributed by atoms with Gasteiger partial charge in [0.1, 0.15) is 11.2 Å². The largest absolute Gasteiger partial charge is 0.456 e. The van der Waals surface area contributed by atoms with Crippen LogP contribution >= 0.6 is 0 Å². The Morgan fingerprint density at radius 2 is 0.793 bits per heavy atom. The van der Waals surface area contributed by atoms with Gasteiger partial charge < -0.3 is 9.32 Å². The van der Waals surface area contributed by atoms with Crippen LogP contribution in [-0.4, -0.2) is 0 Å². The van der Waals surface area contributed by atoms with Gasteiger partial charge in [0.2, 0.25) is 0 Å². The summed E-state index contributed by atoms with van der Waals surface area (Å²) in [6.45, 7) is 0. The number of hydrogen-bond donors (Lipinski definition) is 0. The van der Waals surface area contributed by atoms with E-state index in [1.54, 1.807) is 0 Å². The predicted molar refractivity (Wildman–Crippen MR) is 245 cm³/mol. The van der Waals surface area contributed by atoms with E-state index < -0.39 is 0 Å². The van der Waals surface area contributed by atoms with E-state index >= 15 is 0 Å². The Balaban J connectivity index is 1.04. The molecule has 2 nitrogen and oxygen atoms in total. The second-order valence-corrected chi connectivity index (χ2v) is 14.9. The lowest BCUT2D eigenvalue weighted by Crippen LogP contribution is -2.11. The monoisotopic (exact) mass is 739 g/mol. The summed E-state index contributed by atoms with van der Waals surface area (Å²) < 4.78 is 6.37. The number of hydrogen-bond acceptors (Lipinski definition) is 2. The average molecular weight is 740 g/mol. The second kappa shape index (κ2) is 14.1. The van der Waals surface area contributed by atoms with Crippen molar-refractivity contribution in [2.24, 2.45) is 0 Å². The smallest absolute Gasteiger partial charge is 0.136 e. The number of fused-ring (bicyclic) bond motifs is 6. The molecule has 0 bridgehead atoms. The van der Waals surface area contributed by atoms with Crippen LogP contribution in [0.25, 0.3) is 88.0 Å². The highest BCUT2D eigenvalue weighted by atomic mass is 16.3. The van der Waals surface area contributed by atoms with Crippen LogP contribution in [0.5, 0.6) is 0 Å². The van der Waals surface area contributed by atoms with E-state index in [2.05, 4.69) is 217 Å². The highest BCUT2D eigenvalue weighted by Gasteiger charge is 2.21. The Morgan fingerprint density at radius 3 is 1.55 bits per heavy atom. The molecule has 10 aromatic carbocycles. The van der Waals surface area contributed by atoms with Crippen LogP contribution in [0.15, 0.2) is 229 Å². The minimum atomic E-state index is 0.884. The molecule has 0 amide bonds. The Hall–Kier alpha value is -7.68. The molecule has 1 aromatic heterocycles. The van der Waals surface area contributed by atoms with Crippen molar-refractivity contribution in [2.45, 2.75) is 0 Å². The van der Waals surface area contributed by atoms with Crippen molar-refractivity contribution in [1.82, 2.24) is 0 Å². The molecule has 0 aliphatic rings. The Bertz CT molecular complexity index is 3250. The maximum atomic E-state index is 6.37. The minimum Gasteiger partial charge on any atom is -0.456 e. The van der Waals surface area contributed by atoms with Crippen LogP contribution in [0.1, 0.15) is 0 Å². The van der Waals surface area contributed by atoms with Crippen LogP contribution in [0, 0.1) is 0 Å². The highest BCUT2D eigenvalue weighted by Crippen LogP contribution is 2.45. The van der Waals surface area contributed by atoms with E-state index in [0.29, 0.717) is 0 Å².